The summed E-state index contributed by atoms with van der Waals surface area (Å²) < 4.78 is 0. The van der Waals surface area contributed by atoms with Crippen molar-refractivity contribution in [2.24, 2.45) is 0 Å². The summed E-state index contributed by atoms with van der Waals surface area (Å²) in [5.41, 5.74) is 1.13. The molecule has 0 unspecified atom stereocenters. The summed E-state index contributed by atoms with van der Waals surface area (Å²) >= 11 is 0. The minimum atomic E-state index is 0.464. The van der Waals surface area contributed by atoms with Gasteiger partial charge in [0.15, 0.2) is 0 Å². The standard InChI is InChI=1S/C13H22N4/c1-11(2)12-5-6-14-13(15-12)17-8-4-7-16(3)9-10-17/h5-6,11H,4,7-10H2,1-3H3. The Kier molecular flexibility index (Phi) is 3.94. The molecule has 1 aromatic heterocycles. The zero-order valence-corrected chi connectivity index (χ0v) is 11.1. The molecule has 0 radical (unpaired) electrons. The van der Waals surface area contributed by atoms with Crippen molar-refractivity contribution in [1.29, 1.82) is 0 Å². The lowest BCUT2D eigenvalue weighted by Crippen LogP contribution is -2.30. The minimum Gasteiger partial charge on any atom is -0.339 e. The van der Waals surface area contributed by atoms with Crippen LogP contribution in [0.4, 0.5) is 5.95 Å². The van der Waals surface area contributed by atoms with Crippen molar-refractivity contribution < 1.29 is 0 Å². The fourth-order valence-electron chi connectivity index (χ4n) is 2.08. The smallest absolute Gasteiger partial charge is 0.225 e. The lowest BCUT2D eigenvalue weighted by Gasteiger charge is -2.21. The van der Waals surface area contributed by atoms with Crippen LogP contribution < -0.4 is 4.90 Å². The highest BCUT2D eigenvalue weighted by Crippen LogP contribution is 2.15. The van der Waals surface area contributed by atoms with Crippen molar-refractivity contribution in [3.05, 3.63) is 18.0 Å². The monoisotopic (exact) mass is 234 g/mol. The SMILES string of the molecule is CC(C)c1ccnc(N2CCCN(C)CC2)n1. The molecule has 17 heavy (non-hydrogen) atoms. The van der Waals surface area contributed by atoms with Gasteiger partial charge in [-0.3, -0.25) is 0 Å². The second kappa shape index (κ2) is 5.45. The molecule has 1 saturated heterocycles. The Morgan fingerprint density at radius 1 is 1.18 bits per heavy atom. The molecule has 1 fully saturated rings. The van der Waals surface area contributed by atoms with E-state index in [4.69, 9.17) is 0 Å². The van der Waals surface area contributed by atoms with Crippen molar-refractivity contribution in [3.63, 3.8) is 0 Å². The predicted molar refractivity (Wildman–Crippen MR) is 70.4 cm³/mol. The van der Waals surface area contributed by atoms with E-state index < -0.39 is 0 Å². The Balaban J connectivity index is 2.13. The quantitative estimate of drug-likeness (QED) is 0.780. The highest BCUT2D eigenvalue weighted by Gasteiger charge is 2.15. The molecule has 2 heterocycles. The van der Waals surface area contributed by atoms with Gasteiger partial charge in [0.25, 0.3) is 0 Å². The van der Waals surface area contributed by atoms with Crippen molar-refractivity contribution in [2.75, 3.05) is 38.1 Å². The van der Waals surface area contributed by atoms with Gasteiger partial charge in [0.1, 0.15) is 0 Å². The van der Waals surface area contributed by atoms with Crippen LogP contribution in [-0.4, -0.2) is 48.1 Å². The summed E-state index contributed by atoms with van der Waals surface area (Å²) in [4.78, 5) is 13.7. The topological polar surface area (TPSA) is 32.3 Å². The Hall–Kier alpha value is -1.16. The molecule has 0 saturated carbocycles. The highest BCUT2D eigenvalue weighted by atomic mass is 15.3. The van der Waals surface area contributed by atoms with E-state index in [9.17, 15) is 0 Å². The molecule has 94 valence electrons. The minimum absolute atomic E-state index is 0.464. The van der Waals surface area contributed by atoms with E-state index in [2.05, 4.69) is 40.7 Å². The van der Waals surface area contributed by atoms with E-state index in [1.54, 1.807) is 0 Å². The van der Waals surface area contributed by atoms with Crippen LogP contribution in [0.3, 0.4) is 0 Å². The van der Waals surface area contributed by atoms with Crippen LogP contribution in [0.1, 0.15) is 31.9 Å². The fraction of sp³-hybridized carbons (Fsp3) is 0.692. The molecule has 4 heteroatoms. The summed E-state index contributed by atoms with van der Waals surface area (Å²) in [5.74, 6) is 1.36. The molecular weight excluding hydrogens is 212 g/mol. The molecule has 4 nitrogen and oxygen atoms in total. The van der Waals surface area contributed by atoms with Gasteiger partial charge < -0.3 is 9.80 Å². The average Bonchev–Trinajstić information content (AvgIpc) is 2.54. The second-order valence-electron chi connectivity index (χ2n) is 5.08. The number of hydrogen-bond donors (Lipinski definition) is 0. The van der Waals surface area contributed by atoms with Crippen molar-refractivity contribution >= 4 is 5.95 Å². The van der Waals surface area contributed by atoms with Gasteiger partial charge in [-0.2, -0.15) is 0 Å². The second-order valence-corrected chi connectivity index (χ2v) is 5.08. The Morgan fingerprint density at radius 2 is 2.00 bits per heavy atom. The third kappa shape index (κ3) is 3.16. The van der Waals surface area contributed by atoms with Gasteiger partial charge in [0, 0.05) is 31.5 Å². The molecule has 1 aliphatic rings. The maximum absolute atomic E-state index is 4.66. The summed E-state index contributed by atoms with van der Waals surface area (Å²) in [6, 6.07) is 2.01. The fourth-order valence-corrected chi connectivity index (χ4v) is 2.08. The molecule has 0 aromatic carbocycles. The lowest BCUT2D eigenvalue weighted by molar-refractivity contribution is 0.360. The summed E-state index contributed by atoms with van der Waals surface area (Å²) in [5, 5.41) is 0. The Labute approximate surface area is 104 Å². The van der Waals surface area contributed by atoms with Crippen molar-refractivity contribution in [1.82, 2.24) is 14.9 Å². The number of rotatable bonds is 2. The van der Waals surface area contributed by atoms with Crippen LogP contribution in [0, 0.1) is 0 Å². The molecule has 0 N–H and O–H groups in total. The number of likely N-dealkylation sites (N-methyl/N-ethyl adjacent to an activating group) is 1. The number of anilines is 1. The molecule has 0 amide bonds. The van der Waals surface area contributed by atoms with Gasteiger partial charge in [-0.25, -0.2) is 9.97 Å². The average molecular weight is 234 g/mol. The maximum atomic E-state index is 4.66. The first-order valence-electron chi connectivity index (χ1n) is 6.43. The van der Waals surface area contributed by atoms with E-state index in [-0.39, 0.29) is 0 Å². The Morgan fingerprint density at radius 3 is 2.76 bits per heavy atom. The first-order chi connectivity index (χ1) is 8.16. The largest absolute Gasteiger partial charge is 0.339 e. The van der Waals surface area contributed by atoms with E-state index in [0.717, 1.165) is 31.3 Å². The lowest BCUT2D eigenvalue weighted by atomic mass is 10.1. The van der Waals surface area contributed by atoms with Gasteiger partial charge in [0.05, 0.1) is 0 Å². The van der Waals surface area contributed by atoms with Crippen molar-refractivity contribution in [3.8, 4) is 0 Å². The van der Waals surface area contributed by atoms with E-state index in [0.29, 0.717) is 5.92 Å². The van der Waals surface area contributed by atoms with Gasteiger partial charge in [-0.05, 0) is 32.0 Å². The summed E-state index contributed by atoms with van der Waals surface area (Å²) in [7, 11) is 2.18. The van der Waals surface area contributed by atoms with Crippen LogP contribution in [0.15, 0.2) is 12.3 Å². The van der Waals surface area contributed by atoms with Crippen molar-refractivity contribution in [2.45, 2.75) is 26.2 Å². The van der Waals surface area contributed by atoms with E-state index in [1.165, 1.54) is 13.0 Å². The molecule has 0 spiro atoms. The molecule has 1 aliphatic heterocycles. The first-order valence-corrected chi connectivity index (χ1v) is 6.43. The Bertz CT molecular complexity index is 364. The molecule has 1 aromatic rings. The normalized spacial score (nSPS) is 18.5. The van der Waals surface area contributed by atoms with Gasteiger partial charge in [-0.1, -0.05) is 13.8 Å². The molecule has 0 bridgehead atoms. The number of hydrogen-bond acceptors (Lipinski definition) is 4. The zero-order valence-electron chi connectivity index (χ0n) is 11.1. The molecule has 0 atom stereocenters. The zero-order chi connectivity index (χ0) is 12.3. The third-order valence-electron chi connectivity index (χ3n) is 3.26. The summed E-state index contributed by atoms with van der Waals surface area (Å²) in [6.07, 6.45) is 3.07. The maximum Gasteiger partial charge on any atom is 0.225 e. The first kappa shape index (κ1) is 12.3. The summed E-state index contributed by atoms with van der Waals surface area (Å²) in [6.45, 7) is 8.68. The van der Waals surface area contributed by atoms with E-state index in [1.807, 2.05) is 12.3 Å². The van der Waals surface area contributed by atoms with Crippen LogP contribution in [0.25, 0.3) is 0 Å². The van der Waals surface area contributed by atoms with Gasteiger partial charge >= 0.3 is 0 Å². The van der Waals surface area contributed by atoms with E-state index >= 15 is 0 Å². The molecule has 0 aliphatic carbocycles. The van der Waals surface area contributed by atoms with Crippen LogP contribution >= 0.6 is 0 Å². The van der Waals surface area contributed by atoms with Crippen LogP contribution in [-0.2, 0) is 0 Å². The molecule has 2 rings (SSSR count). The molecular formula is C13H22N4. The predicted octanol–water partition coefficient (Wildman–Crippen LogP) is 1.74. The van der Waals surface area contributed by atoms with Gasteiger partial charge in [-0.15, -0.1) is 0 Å². The third-order valence-corrected chi connectivity index (χ3v) is 3.26. The van der Waals surface area contributed by atoms with Gasteiger partial charge in [0.2, 0.25) is 5.95 Å². The highest BCUT2D eigenvalue weighted by molar-refractivity contribution is 5.31. The van der Waals surface area contributed by atoms with Crippen LogP contribution in [0.5, 0.6) is 0 Å². The number of nitrogens with zero attached hydrogens (tertiary/aromatic N) is 4. The number of aromatic nitrogens is 2. The van der Waals surface area contributed by atoms with Crippen LogP contribution in [0.2, 0.25) is 0 Å².